The van der Waals surface area contributed by atoms with Crippen molar-refractivity contribution in [3.63, 3.8) is 0 Å². The third kappa shape index (κ3) is 4.62. The Morgan fingerprint density at radius 3 is 2.55 bits per heavy atom. The zero-order valence-electron chi connectivity index (χ0n) is 12.4. The van der Waals surface area contributed by atoms with E-state index in [0.717, 1.165) is 12.1 Å². The highest BCUT2D eigenvalue weighted by Gasteiger charge is 2.30. The van der Waals surface area contributed by atoms with Crippen LogP contribution in [0.4, 0.5) is 0 Å². The van der Waals surface area contributed by atoms with Gasteiger partial charge in [0, 0.05) is 19.0 Å². The highest BCUT2D eigenvalue weighted by Crippen LogP contribution is 2.32. The summed E-state index contributed by atoms with van der Waals surface area (Å²) in [5.41, 5.74) is 7.16. The van der Waals surface area contributed by atoms with Crippen LogP contribution < -0.4 is 11.1 Å². The number of rotatable bonds is 7. The van der Waals surface area contributed by atoms with Gasteiger partial charge in [-0.3, -0.25) is 4.79 Å². The van der Waals surface area contributed by atoms with E-state index in [2.05, 4.69) is 22.3 Å². The SMILES string of the molecule is CN(C)CC(NC(=O)CC(N)C1CC1)c1ccccc1. The average Bonchev–Trinajstić information content (AvgIpc) is 3.22. The first-order chi connectivity index (χ1) is 9.56. The molecular formula is C16H25N3O. The van der Waals surface area contributed by atoms with E-state index >= 15 is 0 Å². The molecule has 1 fully saturated rings. The second kappa shape index (κ2) is 6.86. The average molecular weight is 275 g/mol. The van der Waals surface area contributed by atoms with Gasteiger partial charge < -0.3 is 16.0 Å². The predicted octanol–water partition coefficient (Wildman–Crippen LogP) is 1.53. The van der Waals surface area contributed by atoms with Crippen molar-refractivity contribution in [3.8, 4) is 0 Å². The molecule has 2 atom stereocenters. The number of nitrogens with two attached hydrogens (primary N) is 1. The van der Waals surface area contributed by atoms with E-state index in [4.69, 9.17) is 5.73 Å². The van der Waals surface area contributed by atoms with Gasteiger partial charge in [0.15, 0.2) is 0 Å². The quantitative estimate of drug-likeness (QED) is 0.793. The summed E-state index contributed by atoms with van der Waals surface area (Å²) in [6, 6.07) is 10.1. The molecule has 110 valence electrons. The first-order valence-electron chi connectivity index (χ1n) is 7.31. The lowest BCUT2D eigenvalue weighted by Crippen LogP contribution is -2.38. The van der Waals surface area contributed by atoms with E-state index in [1.165, 1.54) is 12.8 Å². The molecule has 0 aliphatic heterocycles. The van der Waals surface area contributed by atoms with Crippen molar-refractivity contribution < 1.29 is 4.79 Å². The van der Waals surface area contributed by atoms with Crippen molar-refractivity contribution in [1.82, 2.24) is 10.2 Å². The van der Waals surface area contributed by atoms with Crippen LogP contribution >= 0.6 is 0 Å². The highest BCUT2D eigenvalue weighted by molar-refractivity contribution is 5.77. The van der Waals surface area contributed by atoms with Gasteiger partial charge in [-0.1, -0.05) is 30.3 Å². The standard InChI is InChI=1S/C16H25N3O/c1-19(2)11-15(13-6-4-3-5-7-13)18-16(20)10-14(17)12-8-9-12/h3-7,12,14-15H,8-11,17H2,1-2H3,(H,18,20). The number of benzene rings is 1. The molecule has 3 N–H and O–H groups in total. The second-order valence-corrected chi connectivity index (χ2v) is 6.00. The van der Waals surface area contributed by atoms with Crippen LogP contribution in [0.1, 0.15) is 30.9 Å². The van der Waals surface area contributed by atoms with Crippen molar-refractivity contribution in [2.45, 2.75) is 31.3 Å². The highest BCUT2D eigenvalue weighted by atomic mass is 16.1. The summed E-state index contributed by atoms with van der Waals surface area (Å²) in [4.78, 5) is 14.2. The Morgan fingerprint density at radius 2 is 2.00 bits per heavy atom. The van der Waals surface area contributed by atoms with E-state index in [1.807, 2.05) is 32.3 Å². The molecule has 1 aromatic rings. The molecule has 1 aliphatic carbocycles. The number of likely N-dealkylation sites (N-methyl/N-ethyl adjacent to an activating group) is 1. The molecule has 1 amide bonds. The Kier molecular flexibility index (Phi) is 5.15. The molecule has 1 aliphatic rings. The summed E-state index contributed by atoms with van der Waals surface area (Å²) in [5.74, 6) is 0.616. The van der Waals surface area contributed by atoms with Crippen LogP contribution in [0.3, 0.4) is 0 Å². The maximum atomic E-state index is 12.1. The van der Waals surface area contributed by atoms with Gasteiger partial charge in [0.25, 0.3) is 0 Å². The molecule has 2 unspecified atom stereocenters. The molecule has 1 saturated carbocycles. The summed E-state index contributed by atoms with van der Waals surface area (Å²) in [6.07, 6.45) is 2.78. The summed E-state index contributed by atoms with van der Waals surface area (Å²) in [6.45, 7) is 0.786. The lowest BCUT2D eigenvalue weighted by Gasteiger charge is -2.23. The molecule has 0 spiro atoms. The molecule has 0 saturated heterocycles. The first-order valence-corrected chi connectivity index (χ1v) is 7.31. The molecule has 0 aromatic heterocycles. The van der Waals surface area contributed by atoms with E-state index in [0.29, 0.717) is 12.3 Å². The maximum Gasteiger partial charge on any atom is 0.222 e. The third-order valence-electron chi connectivity index (χ3n) is 3.73. The Bertz CT molecular complexity index is 429. The molecule has 1 aromatic carbocycles. The minimum atomic E-state index is 0.0186. The Balaban J connectivity index is 1.94. The van der Waals surface area contributed by atoms with Crippen LogP contribution in [0, 0.1) is 5.92 Å². The van der Waals surface area contributed by atoms with E-state index in [9.17, 15) is 4.79 Å². The molecule has 20 heavy (non-hydrogen) atoms. The largest absolute Gasteiger partial charge is 0.348 e. The molecule has 2 rings (SSSR count). The van der Waals surface area contributed by atoms with E-state index in [-0.39, 0.29) is 18.0 Å². The van der Waals surface area contributed by atoms with Crippen LogP contribution in [-0.2, 0) is 4.79 Å². The maximum absolute atomic E-state index is 12.1. The number of nitrogens with one attached hydrogen (secondary N) is 1. The fourth-order valence-corrected chi connectivity index (χ4v) is 2.44. The van der Waals surface area contributed by atoms with Gasteiger partial charge in [-0.05, 0) is 38.4 Å². The molecule has 4 nitrogen and oxygen atoms in total. The van der Waals surface area contributed by atoms with Crippen molar-refractivity contribution >= 4 is 5.91 Å². The first kappa shape index (κ1) is 15.0. The van der Waals surface area contributed by atoms with Gasteiger partial charge >= 0.3 is 0 Å². The lowest BCUT2D eigenvalue weighted by molar-refractivity contribution is -0.122. The Morgan fingerprint density at radius 1 is 1.35 bits per heavy atom. The fraction of sp³-hybridized carbons (Fsp3) is 0.562. The minimum Gasteiger partial charge on any atom is -0.348 e. The summed E-state index contributed by atoms with van der Waals surface area (Å²) in [5, 5.41) is 3.12. The van der Waals surface area contributed by atoms with Crippen molar-refractivity contribution in [1.29, 1.82) is 0 Å². The summed E-state index contributed by atoms with van der Waals surface area (Å²) < 4.78 is 0. The van der Waals surface area contributed by atoms with Gasteiger partial charge in [0.05, 0.1) is 6.04 Å². The third-order valence-corrected chi connectivity index (χ3v) is 3.73. The predicted molar refractivity (Wildman–Crippen MR) is 81.2 cm³/mol. The van der Waals surface area contributed by atoms with Gasteiger partial charge in [0.2, 0.25) is 5.91 Å². The van der Waals surface area contributed by atoms with Crippen molar-refractivity contribution in [3.05, 3.63) is 35.9 Å². The van der Waals surface area contributed by atoms with Crippen molar-refractivity contribution in [2.24, 2.45) is 11.7 Å². The van der Waals surface area contributed by atoms with E-state index in [1.54, 1.807) is 0 Å². The fourth-order valence-electron chi connectivity index (χ4n) is 2.44. The van der Waals surface area contributed by atoms with Gasteiger partial charge in [-0.2, -0.15) is 0 Å². The minimum absolute atomic E-state index is 0.0186. The van der Waals surface area contributed by atoms with Gasteiger partial charge in [-0.25, -0.2) is 0 Å². The van der Waals surface area contributed by atoms with Gasteiger partial charge in [-0.15, -0.1) is 0 Å². The summed E-state index contributed by atoms with van der Waals surface area (Å²) in [7, 11) is 4.02. The van der Waals surface area contributed by atoms with Crippen LogP contribution in [0.25, 0.3) is 0 Å². The summed E-state index contributed by atoms with van der Waals surface area (Å²) >= 11 is 0. The molecule has 0 radical (unpaired) electrons. The monoisotopic (exact) mass is 275 g/mol. The van der Waals surface area contributed by atoms with Crippen LogP contribution in [0.15, 0.2) is 30.3 Å². The van der Waals surface area contributed by atoms with Gasteiger partial charge in [0.1, 0.15) is 0 Å². The molecule has 0 heterocycles. The van der Waals surface area contributed by atoms with Crippen molar-refractivity contribution in [2.75, 3.05) is 20.6 Å². The van der Waals surface area contributed by atoms with Crippen LogP contribution in [-0.4, -0.2) is 37.5 Å². The van der Waals surface area contributed by atoms with Crippen LogP contribution in [0.5, 0.6) is 0 Å². The number of nitrogens with zero attached hydrogens (tertiary/aromatic N) is 1. The number of amides is 1. The normalized spacial score (nSPS) is 17.8. The smallest absolute Gasteiger partial charge is 0.222 e. The number of carbonyl (C=O) groups excluding carboxylic acids is 1. The number of hydrogen-bond donors (Lipinski definition) is 2. The van der Waals surface area contributed by atoms with E-state index < -0.39 is 0 Å². The number of carbonyl (C=O) groups is 1. The zero-order chi connectivity index (χ0) is 14.5. The Hall–Kier alpha value is -1.39. The van der Waals surface area contributed by atoms with Crippen LogP contribution in [0.2, 0.25) is 0 Å². The zero-order valence-corrected chi connectivity index (χ0v) is 12.4. The lowest BCUT2D eigenvalue weighted by atomic mass is 10.1. The molecule has 4 heteroatoms. The molecule has 0 bridgehead atoms. The second-order valence-electron chi connectivity index (χ2n) is 6.00. The topological polar surface area (TPSA) is 58.4 Å². The Labute approximate surface area is 121 Å². The molecular weight excluding hydrogens is 250 g/mol. The number of hydrogen-bond acceptors (Lipinski definition) is 3.